The second-order valence-electron chi connectivity index (χ2n) is 2.70. The molecule has 0 heterocycles. The molecule has 0 aromatic heterocycles. The van der Waals surface area contributed by atoms with Crippen molar-refractivity contribution in [3.63, 3.8) is 0 Å². The Hall–Kier alpha value is -1.97. The molecule has 4 heteroatoms. The number of nitrogens with zero attached hydrogens (tertiary/aromatic N) is 1. The maximum absolute atomic E-state index is 11.0. The molecule has 3 nitrogen and oxygen atoms in total. The fourth-order valence-corrected chi connectivity index (χ4v) is 1.09. The molecule has 0 aliphatic carbocycles. The Labute approximate surface area is 92.7 Å². The smallest absolute Gasteiger partial charge is 0.239 e. The maximum Gasteiger partial charge on any atom is 0.239 e. The first-order valence-electron chi connectivity index (χ1n) is 4.08. The molecule has 0 radical (unpaired) electrons. The first kappa shape index (κ1) is 11.1. The topological polar surface area (TPSA) is 52.9 Å². The van der Waals surface area contributed by atoms with Gasteiger partial charge in [-0.2, -0.15) is 5.26 Å². The number of terminal acetylenes is 1. The van der Waals surface area contributed by atoms with Crippen LogP contribution in [0.15, 0.2) is 18.2 Å². The van der Waals surface area contributed by atoms with E-state index in [0.717, 1.165) is 0 Å². The summed E-state index contributed by atoms with van der Waals surface area (Å²) in [5.74, 6) is 1.88. The lowest BCUT2D eigenvalue weighted by molar-refractivity contribution is -0.113. The molecule has 0 saturated carbocycles. The second kappa shape index (κ2) is 5.05. The van der Waals surface area contributed by atoms with Crippen molar-refractivity contribution in [2.75, 3.05) is 11.2 Å². The van der Waals surface area contributed by atoms with Crippen molar-refractivity contribution in [1.82, 2.24) is 0 Å². The van der Waals surface area contributed by atoms with Gasteiger partial charge in [-0.3, -0.25) is 4.79 Å². The molecular formula is C11H7ClN2O. The third-order valence-corrected chi connectivity index (χ3v) is 1.94. The van der Waals surface area contributed by atoms with E-state index in [1.807, 2.05) is 6.07 Å². The lowest BCUT2D eigenvalue weighted by Gasteiger charge is -2.05. The van der Waals surface area contributed by atoms with Crippen molar-refractivity contribution < 1.29 is 4.79 Å². The highest BCUT2D eigenvalue weighted by atomic mass is 35.5. The lowest BCUT2D eigenvalue weighted by atomic mass is 10.1. The Bertz CT molecular complexity index is 468. The van der Waals surface area contributed by atoms with Crippen molar-refractivity contribution in [2.45, 2.75) is 0 Å². The quantitative estimate of drug-likeness (QED) is 0.607. The summed E-state index contributed by atoms with van der Waals surface area (Å²) in [6, 6.07) is 6.70. The zero-order valence-corrected chi connectivity index (χ0v) is 8.51. The van der Waals surface area contributed by atoms with E-state index in [2.05, 4.69) is 11.2 Å². The number of nitriles is 1. The standard InChI is InChI=1S/C11H7ClN2O/c1-2-8-3-4-9(7-13)10(5-8)14-11(15)6-12/h1,3-5H,6H2,(H,14,15). The third-order valence-electron chi connectivity index (χ3n) is 1.70. The molecule has 0 unspecified atom stereocenters. The van der Waals surface area contributed by atoms with Crippen LogP contribution in [0.5, 0.6) is 0 Å². The summed E-state index contributed by atoms with van der Waals surface area (Å²) in [6.07, 6.45) is 5.20. The second-order valence-corrected chi connectivity index (χ2v) is 2.97. The summed E-state index contributed by atoms with van der Waals surface area (Å²) in [4.78, 5) is 11.0. The Morgan fingerprint density at radius 1 is 1.60 bits per heavy atom. The van der Waals surface area contributed by atoms with Crippen molar-refractivity contribution >= 4 is 23.2 Å². The minimum absolute atomic E-state index is 0.162. The maximum atomic E-state index is 11.0. The van der Waals surface area contributed by atoms with Crippen molar-refractivity contribution in [3.05, 3.63) is 29.3 Å². The number of anilines is 1. The normalized spacial score (nSPS) is 8.73. The van der Waals surface area contributed by atoms with Crippen LogP contribution in [0.3, 0.4) is 0 Å². The number of carbonyl (C=O) groups is 1. The summed E-state index contributed by atoms with van der Waals surface area (Å²) >= 11 is 5.34. The van der Waals surface area contributed by atoms with E-state index >= 15 is 0 Å². The van der Waals surface area contributed by atoms with Crippen molar-refractivity contribution in [3.8, 4) is 18.4 Å². The molecule has 0 spiro atoms. The molecule has 1 aromatic rings. The van der Waals surface area contributed by atoms with Crippen LogP contribution in [0.4, 0.5) is 5.69 Å². The van der Waals surface area contributed by atoms with Crippen LogP contribution in [-0.4, -0.2) is 11.8 Å². The molecule has 1 rings (SSSR count). The Kier molecular flexibility index (Phi) is 3.74. The number of hydrogen-bond donors (Lipinski definition) is 1. The average molecular weight is 219 g/mol. The van der Waals surface area contributed by atoms with Crippen LogP contribution in [-0.2, 0) is 4.79 Å². The van der Waals surface area contributed by atoms with Crippen LogP contribution in [0.2, 0.25) is 0 Å². The Morgan fingerprint density at radius 2 is 2.33 bits per heavy atom. The highest BCUT2D eigenvalue weighted by Gasteiger charge is 2.06. The first-order valence-corrected chi connectivity index (χ1v) is 4.61. The van der Waals surface area contributed by atoms with Gasteiger partial charge < -0.3 is 5.32 Å². The van der Waals surface area contributed by atoms with E-state index in [-0.39, 0.29) is 11.8 Å². The van der Waals surface area contributed by atoms with Crippen LogP contribution in [0.25, 0.3) is 0 Å². The molecular weight excluding hydrogens is 212 g/mol. The molecule has 0 saturated heterocycles. The molecule has 0 fully saturated rings. The van der Waals surface area contributed by atoms with Gasteiger partial charge in [-0.05, 0) is 18.2 Å². The molecule has 1 N–H and O–H groups in total. The molecule has 0 aliphatic heterocycles. The zero-order valence-electron chi connectivity index (χ0n) is 7.75. The summed E-state index contributed by atoms with van der Waals surface area (Å²) in [5.41, 5.74) is 1.34. The van der Waals surface area contributed by atoms with Gasteiger partial charge in [0.1, 0.15) is 11.9 Å². The predicted molar refractivity (Wildman–Crippen MR) is 58.4 cm³/mol. The van der Waals surface area contributed by atoms with E-state index in [0.29, 0.717) is 16.8 Å². The number of nitrogens with one attached hydrogen (secondary N) is 1. The Morgan fingerprint density at radius 3 is 2.87 bits per heavy atom. The largest absolute Gasteiger partial charge is 0.324 e. The molecule has 1 amide bonds. The van der Waals surface area contributed by atoms with Crippen molar-refractivity contribution in [1.29, 1.82) is 5.26 Å². The van der Waals surface area contributed by atoms with Gasteiger partial charge in [0.05, 0.1) is 11.3 Å². The summed E-state index contributed by atoms with van der Waals surface area (Å²) in [7, 11) is 0. The van der Waals surface area contributed by atoms with E-state index in [9.17, 15) is 4.79 Å². The fraction of sp³-hybridized carbons (Fsp3) is 0.0909. The number of rotatable bonds is 2. The number of carbonyl (C=O) groups excluding carboxylic acids is 1. The van der Waals surface area contributed by atoms with Gasteiger partial charge in [0.15, 0.2) is 0 Å². The minimum atomic E-state index is -0.373. The van der Waals surface area contributed by atoms with Gasteiger partial charge >= 0.3 is 0 Å². The van der Waals surface area contributed by atoms with E-state index in [1.54, 1.807) is 18.2 Å². The Balaban J connectivity index is 3.09. The summed E-state index contributed by atoms with van der Waals surface area (Å²) < 4.78 is 0. The first-order chi connectivity index (χ1) is 7.21. The van der Waals surface area contributed by atoms with Gasteiger partial charge in [0.25, 0.3) is 0 Å². The predicted octanol–water partition coefficient (Wildman–Crippen LogP) is 1.72. The molecule has 0 atom stereocenters. The summed E-state index contributed by atoms with van der Waals surface area (Å²) in [6.45, 7) is 0. The minimum Gasteiger partial charge on any atom is -0.324 e. The molecule has 0 aliphatic rings. The number of amides is 1. The average Bonchev–Trinajstić information content (AvgIpc) is 2.28. The number of alkyl halides is 1. The molecule has 74 valence electrons. The van der Waals surface area contributed by atoms with Gasteiger partial charge in [-0.15, -0.1) is 18.0 Å². The summed E-state index contributed by atoms with van der Waals surface area (Å²) in [5, 5.41) is 11.3. The molecule has 1 aromatic carbocycles. The molecule has 15 heavy (non-hydrogen) atoms. The third kappa shape index (κ3) is 2.74. The van der Waals surface area contributed by atoms with E-state index in [4.69, 9.17) is 23.3 Å². The number of benzene rings is 1. The number of halogens is 1. The van der Waals surface area contributed by atoms with Gasteiger partial charge in [0.2, 0.25) is 5.91 Å². The SMILES string of the molecule is C#Cc1ccc(C#N)c(NC(=O)CCl)c1. The van der Waals surface area contributed by atoms with Gasteiger partial charge in [-0.1, -0.05) is 5.92 Å². The van der Waals surface area contributed by atoms with E-state index < -0.39 is 0 Å². The lowest BCUT2D eigenvalue weighted by Crippen LogP contribution is -2.13. The van der Waals surface area contributed by atoms with Gasteiger partial charge in [0, 0.05) is 5.56 Å². The van der Waals surface area contributed by atoms with Crippen molar-refractivity contribution in [2.24, 2.45) is 0 Å². The highest BCUT2D eigenvalue weighted by molar-refractivity contribution is 6.29. The van der Waals surface area contributed by atoms with Crippen LogP contribution in [0.1, 0.15) is 11.1 Å². The molecule has 0 bridgehead atoms. The fourth-order valence-electron chi connectivity index (χ4n) is 1.02. The number of hydrogen-bond acceptors (Lipinski definition) is 2. The monoisotopic (exact) mass is 218 g/mol. The van der Waals surface area contributed by atoms with E-state index in [1.165, 1.54) is 0 Å². The van der Waals surface area contributed by atoms with Crippen LogP contribution in [0, 0.1) is 23.7 Å². The van der Waals surface area contributed by atoms with Gasteiger partial charge in [-0.25, -0.2) is 0 Å². The highest BCUT2D eigenvalue weighted by Crippen LogP contribution is 2.16. The van der Waals surface area contributed by atoms with Crippen LogP contribution < -0.4 is 5.32 Å². The zero-order chi connectivity index (χ0) is 11.3. The van der Waals surface area contributed by atoms with Crippen LogP contribution >= 0.6 is 11.6 Å².